The maximum atomic E-state index is 12.6. The van der Waals surface area contributed by atoms with Crippen LogP contribution in [0.5, 0.6) is 0 Å². The van der Waals surface area contributed by atoms with Crippen LogP contribution in [0.15, 0.2) is 48.5 Å². The molecule has 1 amide bonds. The number of nitro benzene ring substituents is 1. The number of hydrogen-bond donors (Lipinski definition) is 1. The molecule has 0 fully saturated rings. The molecule has 0 bridgehead atoms. The van der Waals surface area contributed by atoms with E-state index in [1.54, 1.807) is 29.2 Å². The van der Waals surface area contributed by atoms with Crippen LogP contribution in [0.25, 0.3) is 0 Å². The molecule has 1 N–H and O–H groups in total. The number of aryl methyl sites for hydroxylation is 1. The molecule has 2 aromatic carbocycles. The van der Waals surface area contributed by atoms with Crippen molar-refractivity contribution in [2.24, 2.45) is 0 Å². The number of non-ortho nitro benzene ring substituents is 1. The first-order valence-electron chi connectivity index (χ1n) is 8.63. The molecule has 7 heteroatoms. The highest BCUT2D eigenvalue weighted by atomic mass is 16.6. The van der Waals surface area contributed by atoms with Gasteiger partial charge in [-0.25, -0.2) is 4.79 Å². The summed E-state index contributed by atoms with van der Waals surface area (Å²) >= 11 is 0. The Labute approximate surface area is 157 Å². The van der Waals surface area contributed by atoms with Crippen LogP contribution in [0.2, 0.25) is 0 Å². The first kappa shape index (κ1) is 20.1. The van der Waals surface area contributed by atoms with Gasteiger partial charge in [0.2, 0.25) is 5.91 Å². The van der Waals surface area contributed by atoms with E-state index in [-0.39, 0.29) is 23.2 Å². The smallest absolute Gasteiger partial charge is 0.335 e. The third-order valence-electron chi connectivity index (χ3n) is 4.27. The molecule has 0 atom stereocenters. The van der Waals surface area contributed by atoms with Crippen LogP contribution in [-0.2, 0) is 17.8 Å². The maximum Gasteiger partial charge on any atom is 0.335 e. The molecule has 0 aliphatic rings. The van der Waals surface area contributed by atoms with Crippen molar-refractivity contribution >= 4 is 17.6 Å². The minimum atomic E-state index is -0.980. The molecule has 0 saturated heterocycles. The molecule has 0 heterocycles. The van der Waals surface area contributed by atoms with E-state index in [1.165, 1.54) is 24.3 Å². The average molecular weight is 370 g/mol. The Morgan fingerprint density at radius 2 is 1.59 bits per heavy atom. The van der Waals surface area contributed by atoms with E-state index >= 15 is 0 Å². The monoisotopic (exact) mass is 370 g/mol. The molecule has 27 heavy (non-hydrogen) atoms. The van der Waals surface area contributed by atoms with Crippen LogP contribution in [0.3, 0.4) is 0 Å². The topological polar surface area (TPSA) is 101 Å². The Bertz CT molecular complexity index is 813. The number of amides is 1. The minimum absolute atomic E-state index is 0.0120. The summed E-state index contributed by atoms with van der Waals surface area (Å²) in [5, 5.41) is 19.7. The highest BCUT2D eigenvalue weighted by Gasteiger charge is 2.18. The van der Waals surface area contributed by atoms with Gasteiger partial charge >= 0.3 is 5.97 Å². The van der Waals surface area contributed by atoms with Crippen molar-refractivity contribution < 1.29 is 19.6 Å². The number of benzene rings is 2. The fourth-order valence-electron chi connectivity index (χ4n) is 2.69. The van der Waals surface area contributed by atoms with Gasteiger partial charge in [0.15, 0.2) is 0 Å². The molecule has 0 aromatic heterocycles. The number of hydrogen-bond acceptors (Lipinski definition) is 4. The fourth-order valence-corrected chi connectivity index (χ4v) is 2.69. The van der Waals surface area contributed by atoms with Gasteiger partial charge in [0.1, 0.15) is 0 Å². The van der Waals surface area contributed by atoms with Crippen molar-refractivity contribution in [2.45, 2.75) is 39.3 Å². The molecular weight excluding hydrogens is 348 g/mol. The Morgan fingerprint density at radius 1 is 1.04 bits per heavy atom. The quantitative estimate of drug-likeness (QED) is 0.564. The molecular formula is C20H22N2O5. The van der Waals surface area contributed by atoms with Gasteiger partial charge in [0.25, 0.3) is 5.69 Å². The van der Waals surface area contributed by atoms with E-state index in [4.69, 9.17) is 5.11 Å². The van der Waals surface area contributed by atoms with Gasteiger partial charge < -0.3 is 10.0 Å². The zero-order valence-corrected chi connectivity index (χ0v) is 15.3. The van der Waals surface area contributed by atoms with Crippen LogP contribution in [0.4, 0.5) is 5.69 Å². The molecule has 0 saturated carbocycles. The van der Waals surface area contributed by atoms with Gasteiger partial charge in [-0.3, -0.25) is 14.9 Å². The summed E-state index contributed by atoms with van der Waals surface area (Å²) < 4.78 is 0. The number of carboxylic acids is 1. The molecule has 2 aromatic rings. The van der Waals surface area contributed by atoms with E-state index in [9.17, 15) is 19.7 Å². The minimum Gasteiger partial charge on any atom is -0.478 e. The lowest BCUT2D eigenvalue weighted by Gasteiger charge is -2.27. The van der Waals surface area contributed by atoms with Crippen LogP contribution in [0, 0.1) is 10.1 Å². The van der Waals surface area contributed by atoms with Crippen LogP contribution >= 0.6 is 0 Å². The summed E-state index contributed by atoms with van der Waals surface area (Å²) in [6.07, 6.45) is 0.819. The molecule has 0 radical (unpaired) electrons. The average Bonchev–Trinajstić information content (AvgIpc) is 2.64. The highest BCUT2D eigenvalue weighted by molar-refractivity contribution is 5.87. The van der Waals surface area contributed by atoms with Gasteiger partial charge in [-0.05, 0) is 43.5 Å². The summed E-state index contributed by atoms with van der Waals surface area (Å²) in [4.78, 5) is 35.5. The van der Waals surface area contributed by atoms with Crippen molar-refractivity contribution in [1.82, 2.24) is 4.90 Å². The predicted octanol–water partition coefficient (Wildman–Crippen LogP) is 3.66. The van der Waals surface area contributed by atoms with E-state index in [2.05, 4.69) is 0 Å². The summed E-state index contributed by atoms with van der Waals surface area (Å²) in [5.74, 6) is -1.00. The second-order valence-electron chi connectivity index (χ2n) is 6.54. The molecule has 0 aliphatic heterocycles. The van der Waals surface area contributed by atoms with E-state index < -0.39 is 10.9 Å². The number of carboxylic acid groups (broad SMARTS) is 1. The number of nitro groups is 1. The SMILES string of the molecule is CC(C)N(Cc1ccc([N+](=O)[O-])cc1)C(=O)CCc1ccc(C(=O)O)cc1. The van der Waals surface area contributed by atoms with Crippen molar-refractivity contribution in [3.05, 3.63) is 75.3 Å². The summed E-state index contributed by atoms with van der Waals surface area (Å²) in [7, 11) is 0. The first-order chi connectivity index (χ1) is 12.8. The number of rotatable bonds is 8. The molecule has 142 valence electrons. The second kappa shape index (κ2) is 8.93. The molecule has 0 unspecified atom stereocenters. The van der Waals surface area contributed by atoms with Gasteiger partial charge in [0.05, 0.1) is 10.5 Å². The number of carbonyl (C=O) groups is 2. The van der Waals surface area contributed by atoms with Crippen LogP contribution in [0.1, 0.15) is 41.8 Å². The lowest BCUT2D eigenvalue weighted by atomic mass is 10.1. The summed E-state index contributed by atoms with van der Waals surface area (Å²) in [5.41, 5.74) is 1.96. The Morgan fingerprint density at radius 3 is 2.07 bits per heavy atom. The lowest BCUT2D eigenvalue weighted by Crippen LogP contribution is -2.36. The van der Waals surface area contributed by atoms with E-state index in [0.29, 0.717) is 19.4 Å². The number of carbonyl (C=O) groups excluding carboxylic acids is 1. The molecule has 7 nitrogen and oxygen atoms in total. The third-order valence-corrected chi connectivity index (χ3v) is 4.27. The normalized spacial score (nSPS) is 10.6. The Hall–Kier alpha value is -3.22. The van der Waals surface area contributed by atoms with Crippen molar-refractivity contribution in [1.29, 1.82) is 0 Å². The van der Waals surface area contributed by atoms with Gasteiger partial charge in [0, 0.05) is 31.1 Å². The summed E-state index contributed by atoms with van der Waals surface area (Å²) in [6.45, 7) is 4.22. The van der Waals surface area contributed by atoms with Crippen molar-refractivity contribution in [3.8, 4) is 0 Å². The van der Waals surface area contributed by atoms with Gasteiger partial charge in [-0.15, -0.1) is 0 Å². The highest BCUT2D eigenvalue weighted by Crippen LogP contribution is 2.16. The zero-order chi connectivity index (χ0) is 20.0. The zero-order valence-electron chi connectivity index (χ0n) is 15.3. The van der Waals surface area contributed by atoms with Gasteiger partial charge in [-0.2, -0.15) is 0 Å². The molecule has 0 spiro atoms. The molecule has 2 rings (SSSR count). The predicted molar refractivity (Wildman–Crippen MR) is 101 cm³/mol. The summed E-state index contributed by atoms with van der Waals surface area (Å²) in [6, 6.07) is 12.7. The van der Waals surface area contributed by atoms with E-state index in [1.807, 2.05) is 13.8 Å². The molecule has 0 aliphatic carbocycles. The van der Waals surface area contributed by atoms with Crippen molar-refractivity contribution in [3.63, 3.8) is 0 Å². The lowest BCUT2D eigenvalue weighted by molar-refractivity contribution is -0.384. The fraction of sp³-hybridized carbons (Fsp3) is 0.300. The standard InChI is InChI=1S/C20H22N2O5/c1-14(2)21(13-16-5-10-18(11-6-16)22(26)27)19(23)12-7-15-3-8-17(9-4-15)20(24)25/h3-6,8-11,14H,7,12-13H2,1-2H3,(H,24,25). The van der Waals surface area contributed by atoms with Crippen LogP contribution < -0.4 is 0 Å². The van der Waals surface area contributed by atoms with Gasteiger partial charge in [-0.1, -0.05) is 24.3 Å². The third kappa shape index (κ3) is 5.64. The number of nitrogens with zero attached hydrogens (tertiary/aromatic N) is 2. The largest absolute Gasteiger partial charge is 0.478 e. The van der Waals surface area contributed by atoms with Crippen molar-refractivity contribution in [2.75, 3.05) is 0 Å². The maximum absolute atomic E-state index is 12.6. The Balaban J connectivity index is 1.99. The Kier molecular flexibility index (Phi) is 6.65. The second-order valence-corrected chi connectivity index (χ2v) is 6.54. The number of aromatic carboxylic acids is 1. The van der Waals surface area contributed by atoms with Crippen LogP contribution in [-0.4, -0.2) is 32.8 Å². The first-order valence-corrected chi connectivity index (χ1v) is 8.63. The van der Waals surface area contributed by atoms with E-state index in [0.717, 1.165) is 11.1 Å².